The van der Waals surface area contributed by atoms with Crippen LogP contribution in [0.3, 0.4) is 0 Å². The lowest BCUT2D eigenvalue weighted by Crippen LogP contribution is -2.53. The van der Waals surface area contributed by atoms with Crippen molar-refractivity contribution in [2.24, 2.45) is 0 Å². The highest BCUT2D eigenvalue weighted by atomic mass is 35.5. The molecule has 4 N–H and O–H groups in total. The van der Waals surface area contributed by atoms with Gasteiger partial charge < -0.3 is 16.4 Å². The van der Waals surface area contributed by atoms with Crippen LogP contribution in [0, 0.1) is 0 Å². The molecule has 1 fully saturated rings. The minimum atomic E-state index is -0.362. The Labute approximate surface area is 173 Å². The molecule has 0 radical (unpaired) electrons. The summed E-state index contributed by atoms with van der Waals surface area (Å²) < 4.78 is 1.75. The molecule has 6 nitrogen and oxygen atoms in total. The van der Waals surface area contributed by atoms with Crippen molar-refractivity contribution in [3.63, 3.8) is 0 Å². The molecule has 1 saturated heterocycles. The molecule has 1 unspecified atom stereocenters. The molecule has 0 bridgehead atoms. The van der Waals surface area contributed by atoms with Crippen LogP contribution in [0.1, 0.15) is 38.3 Å². The highest BCUT2D eigenvalue weighted by Gasteiger charge is 2.38. The second-order valence-electron chi connectivity index (χ2n) is 6.63. The van der Waals surface area contributed by atoms with E-state index in [4.69, 9.17) is 5.73 Å². The van der Waals surface area contributed by atoms with E-state index < -0.39 is 0 Å². The fraction of sp³-hybridized carbons (Fsp3) is 0.474. The number of amides is 1. The van der Waals surface area contributed by atoms with Gasteiger partial charge in [-0.15, -0.1) is 24.8 Å². The molecule has 0 saturated carbocycles. The number of benzene rings is 1. The number of aromatic nitrogens is 2. The molecular weight excluding hydrogens is 385 g/mol. The monoisotopic (exact) mass is 413 g/mol. The Balaban J connectivity index is 0.00000182. The maximum Gasteiger partial charge on any atom is 0.240 e. The van der Waals surface area contributed by atoms with Gasteiger partial charge in [-0.3, -0.25) is 4.79 Å². The zero-order chi connectivity index (χ0) is 17.7. The molecular formula is C19H29Cl2N5O. The topological polar surface area (TPSA) is 85.0 Å². The number of anilines is 1. The molecule has 150 valence electrons. The summed E-state index contributed by atoms with van der Waals surface area (Å²) in [6.07, 6.45) is 4.45. The van der Waals surface area contributed by atoms with Gasteiger partial charge in [0, 0.05) is 12.6 Å². The molecule has 27 heavy (non-hydrogen) atoms. The van der Waals surface area contributed by atoms with Crippen LogP contribution in [0.5, 0.6) is 0 Å². The third kappa shape index (κ3) is 5.37. The largest absolute Gasteiger partial charge is 0.384 e. The van der Waals surface area contributed by atoms with E-state index in [1.54, 1.807) is 4.68 Å². The molecule has 1 aromatic heterocycles. The minimum Gasteiger partial charge on any atom is -0.384 e. The van der Waals surface area contributed by atoms with Gasteiger partial charge in [0.05, 0.1) is 16.9 Å². The first kappa shape index (κ1) is 23.3. The van der Waals surface area contributed by atoms with Crippen molar-refractivity contribution in [3.05, 3.63) is 42.1 Å². The van der Waals surface area contributed by atoms with Gasteiger partial charge in [-0.2, -0.15) is 5.10 Å². The van der Waals surface area contributed by atoms with E-state index >= 15 is 0 Å². The predicted molar refractivity (Wildman–Crippen MR) is 114 cm³/mol. The van der Waals surface area contributed by atoms with E-state index in [9.17, 15) is 4.79 Å². The van der Waals surface area contributed by atoms with Gasteiger partial charge >= 0.3 is 0 Å². The third-order valence-corrected chi connectivity index (χ3v) is 4.97. The van der Waals surface area contributed by atoms with E-state index in [0.717, 1.165) is 50.0 Å². The highest BCUT2D eigenvalue weighted by Crippen LogP contribution is 2.23. The zero-order valence-corrected chi connectivity index (χ0v) is 17.2. The summed E-state index contributed by atoms with van der Waals surface area (Å²) in [5.41, 5.74) is 7.60. The molecule has 2 heterocycles. The van der Waals surface area contributed by atoms with E-state index in [0.29, 0.717) is 12.4 Å². The van der Waals surface area contributed by atoms with Crippen LogP contribution in [-0.4, -0.2) is 34.3 Å². The summed E-state index contributed by atoms with van der Waals surface area (Å²) in [6, 6.07) is 11.8. The van der Waals surface area contributed by atoms with Crippen molar-refractivity contribution in [3.8, 4) is 5.69 Å². The summed E-state index contributed by atoms with van der Waals surface area (Å²) >= 11 is 0. The number of halogens is 2. The molecule has 1 atom stereocenters. The zero-order valence-electron chi connectivity index (χ0n) is 15.6. The number of carbonyl (C=O) groups is 1. The Kier molecular flexibility index (Phi) is 9.09. The number of carbonyl (C=O) groups excluding carboxylic acids is 1. The standard InChI is InChI=1S/C19H27N5O.2ClH/c1-2-19(11-7-13-22-19)18(25)21-12-6-8-15-14-17(20)24(23-15)16-9-4-3-5-10-16;;/h3-5,9-10,14,22H,2,6-8,11-13,20H2,1H3,(H,21,25);2*1H. The Morgan fingerprint density at radius 3 is 2.70 bits per heavy atom. The number of nitrogen functional groups attached to an aromatic ring is 1. The van der Waals surface area contributed by atoms with Crippen molar-refractivity contribution >= 4 is 36.5 Å². The number of nitrogens with one attached hydrogen (secondary N) is 2. The molecule has 0 aliphatic carbocycles. The van der Waals surface area contributed by atoms with Crippen LogP contribution >= 0.6 is 24.8 Å². The maximum atomic E-state index is 12.4. The van der Waals surface area contributed by atoms with E-state index in [-0.39, 0.29) is 36.3 Å². The first-order chi connectivity index (χ1) is 12.1. The number of hydrogen-bond donors (Lipinski definition) is 3. The van der Waals surface area contributed by atoms with Crippen LogP contribution in [0.4, 0.5) is 5.82 Å². The van der Waals surface area contributed by atoms with Crippen LogP contribution < -0.4 is 16.4 Å². The van der Waals surface area contributed by atoms with Gasteiger partial charge in [-0.05, 0) is 50.8 Å². The first-order valence-corrected chi connectivity index (χ1v) is 9.08. The molecule has 1 aromatic carbocycles. The molecule has 0 spiro atoms. The molecule has 1 aliphatic heterocycles. The summed E-state index contributed by atoms with van der Waals surface area (Å²) in [5.74, 6) is 0.757. The maximum absolute atomic E-state index is 12.4. The highest BCUT2D eigenvalue weighted by molar-refractivity contribution is 5.86. The Bertz CT molecular complexity index is 714. The van der Waals surface area contributed by atoms with Gasteiger partial charge in [0.25, 0.3) is 0 Å². The van der Waals surface area contributed by atoms with Gasteiger partial charge in [0.15, 0.2) is 0 Å². The van der Waals surface area contributed by atoms with Crippen LogP contribution in [0.15, 0.2) is 36.4 Å². The van der Waals surface area contributed by atoms with Crippen molar-refractivity contribution in [1.82, 2.24) is 20.4 Å². The van der Waals surface area contributed by atoms with Crippen molar-refractivity contribution < 1.29 is 4.79 Å². The number of nitrogens with two attached hydrogens (primary N) is 1. The molecule has 2 aromatic rings. The number of hydrogen-bond acceptors (Lipinski definition) is 4. The van der Waals surface area contributed by atoms with Gasteiger partial charge in [-0.25, -0.2) is 4.68 Å². The fourth-order valence-electron chi connectivity index (χ4n) is 3.45. The smallest absolute Gasteiger partial charge is 0.240 e. The van der Waals surface area contributed by atoms with Crippen LogP contribution in [0.25, 0.3) is 5.69 Å². The fourth-order valence-corrected chi connectivity index (χ4v) is 3.45. The lowest BCUT2D eigenvalue weighted by molar-refractivity contribution is -0.127. The van der Waals surface area contributed by atoms with E-state index in [1.807, 2.05) is 36.4 Å². The summed E-state index contributed by atoms with van der Waals surface area (Å²) in [6.45, 7) is 3.65. The summed E-state index contributed by atoms with van der Waals surface area (Å²) in [5, 5.41) is 11.0. The molecule has 8 heteroatoms. The number of para-hydroxylation sites is 1. The molecule has 1 amide bonds. The number of rotatable bonds is 7. The van der Waals surface area contributed by atoms with Gasteiger partial charge in [0.1, 0.15) is 5.82 Å². The van der Waals surface area contributed by atoms with Crippen molar-refractivity contribution in [2.75, 3.05) is 18.8 Å². The molecule has 3 rings (SSSR count). The lowest BCUT2D eigenvalue weighted by Gasteiger charge is -2.26. The summed E-state index contributed by atoms with van der Waals surface area (Å²) in [4.78, 5) is 12.4. The Morgan fingerprint density at radius 2 is 2.07 bits per heavy atom. The van der Waals surface area contributed by atoms with Crippen LogP contribution in [-0.2, 0) is 11.2 Å². The number of aryl methyl sites for hydroxylation is 1. The Hall–Kier alpha value is -1.76. The second kappa shape index (κ2) is 10.5. The second-order valence-corrected chi connectivity index (χ2v) is 6.63. The molecule has 1 aliphatic rings. The van der Waals surface area contributed by atoms with E-state index in [1.165, 1.54) is 0 Å². The van der Waals surface area contributed by atoms with Crippen molar-refractivity contribution in [1.29, 1.82) is 0 Å². The SMILES string of the molecule is CCC1(C(=O)NCCCc2cc(N)n(-c3ccccc3)n2)CCCN1.Cl.Cl. The number of nitrogens with zero attached hydrogens (tertiary/aromatic N) is 2. The van der Waals surface area contributed by atoms with Crippen molar-refractivity contribution in [2.45, 2.75) is 44.6 Å². The normalized spacial score (nSPS) is 18.4. The minimum absolute atomic E-state index is 0. The average molecular weight is 414 g/mol. The van der Waals surface area contributed by atoms with Crippen LogP contribution in [0.2, 0.25) is 0 Å². The predicted octanol–water partition coefficient (Wildman–Crippen LogP) is 2.88. The lowest BCUT2D eigenvalue weighted by atomic mass is 9.93. The Morgan fingerprint density at radius 1 is 1.33 bits per heavy atom. The first-order valence-electron chi connectivity index (χ1n) is 9.08. The quantitative estimate of drug-likeness (QED) is 0.609. The third-order valence-electron chi connectivity index (χ3n) is 4.97. The summed E-state index contributed by atoms with van der Waals surface area (Å²) in [7, 11) is 0. The van der Waals surface area contributed by atoms with Gasteiger partial charge in [0.2, 0.25) is 5.91 Å². The van der Waals surface area contributed by atoms with E-state index in [2.05, 4.69) is 22.7 Å². The van der Waals surface area contributed by atoms with Gasteiger partial charge in [-0.1, -0.05) is 25.1 Å². The average Bonchev–Trinajstić information content (AvgIpc) is 3.27.